The van der Waals surface area contributed by atoms with E-state index in [-0.39, 0.29) is 11.3 Å². The zero-order valence-corrected chi connectivity index (χ0v) is 12.3. The molecule has 0 radical (unpaired) electrons. The third-order valence-corrected chi connectivity index (χ3v) is 3.50. The van der Waals surface area contributed by atoms with Crippen LogP contribution in [0.25, 0.3) is 0 Å². The molecule has 1 aliphatic rings. The zero-order valence-electron chi connectivity index (χ0n) is 12.3. The van der Waals surface area contributed by atoms with Crippen molar-refractivity contribution in [2.45, 2.75) is 30.7 Å². The minimum absolute atomic E-state index is 0.00413. The molecule has 9 nitrogen and oxygen atoms in total. The summed E-state index contributed by atoms with van der Waals surface area (Å²) in [5.74, 6) is -0.702. The molecule has 1 saturated heterocycles. The van der Waals surface area contributed by atoms with Gasteiger partial charge in [0.2, 0.25) is 6.29 Å². The van der Waals surface area contributed by atoms with E-state index < -0.39 is 43.3 Å². The maximum Gasteiger partial charge on any atom is 0.341 e. The monoisotopic (exact) mass is 329 g/mol. The van der Waals surface area contributed by atoms with Crippen LogP contribution in [0.15, 0.2) is 18.2 Å². The predicted molar refractivity (Wildman–Crippen MR) is 76.6 cm³/mol. The Hall–Kier alpha value is -1.91. The Balaban J connectivity index is 2.26. The van der Waals surface area contributed by atoms with E-state index in [0.717, 1.165) is 0 Å². The summed E-state index contributed by atoms with van der Waals surface area (Å²) in [4.78, 5) is 11.8. The summed E-state index contributed by atoms with van der Waals surface area (Å²) in [6.45, 7) is -0.587. The number of methoxy groups -OCH3 is 1. The molecule has 0 aliphatic carbocycles. The minimum Gasteiger partial charge on any atom is -0.465 e. The smallest absolute Gasteiger partial charge is 0.341 e. The van der Waals surface area contributed by atoms with E-state index in [2.05, 4.69) is 4.74 Å². The number of hydrogen-bond acceptors (Lipinski definition) is 9. The number of anilines is 1. The molecule has 0 unspecified atom stereocenters. The van der Waals surface area contributed by atoms with E-state index >= 15 is 0 Å². The van der Waals surface area contributed by atoms with Crippen LogP contribution in [-0.4, -0.2) is 70.8 Å². The molecule has 1 heterocycles. The Morgan fingerprint density at radius 1 is 1.26 bits per heavy atom. The summed E-state index contributed by atoms with van der Waals surface area (Å²) in [6, 6.07) is 4.17. The van der Waals surface area contributed by atoms with Crippen molar-refractivity contribution in [1.29, 1.82) is 0 Å². The van der Waals surface area contributed by atoms with E-state index in [9.17, 15) is 20.1 Å². The Morgan fingerprint density at radius 2 is 1.96 bits per heavy atom. The molecule has 1 aromatic rings. The molecule has 128 valence electrons. The van der Waals surface area contributed by atoms with E-state index in [1.165, 1.54) is 25.3 Å². The van der Waals surface area contributed by atoms with Gasteiger partial charge >= 0.3 is 5.97 Å². The third-order valence-electron chi connectivity index (χ3n) is 3.50. The number of aliphatic hydroxyl groups excluding tert-OH is 4. The molecule has 0 bridgehead atoms. The van der Waals surface area contributed by atoms with Crippen molar-refractivity contribution in [3.05, 3.63) is 23.8 Å². The van der Waals surface area contributed by atoms with Gasteiger partial charge in [0, 0.05) is 5.69 Å². The lowest BCUT2D eigenvalue weighted by atomic mass is 9.99. The molecule has 1 aliphatic heterocycles. The van der Waals surface area contributed by atoms with Crippen molar-refractivity contribution >= 4 is 11.7 Å². The normalized spacial score (nSPS) is 30.7. The van der Waals surface area contributed by atoms with Gasteiger partial charge < -0.3 is 40.4 Å². The van der Waals surface area contributed by atoms with Crippen molar-refractivity contribution in [2.24, 2.45) is 0 Å². The fourth-order valence-electron chi connectivity index (χ4n) is 2.21. The second-order valence-electron chi connectivity index (χ2n) is 5.06. The Morgan fingerprint density at radius 3 is 2.57 bits per heavy atom. The average Bonchev–Trinajstić information content (AvgIpc) is 2.55. The highest BCUT2D eigenvalue weighted by Gasteiger charge is 2.45. The number of carbonyl (C=O) groups excluding carboxylic acids is 1. The summed E-state index contributed by atoms with van der Waals surface area (Å²) in [5, 5.41) is 38.5. The highest BCUT2D eigenvalue weighted by Crippen LogP contribution is 2.28. The zero-order chi connectivity index (χ0) is 17.1. The fraction of sp³-hybridized carbons (Fsp3) is 0.500. The summed E-state index contributed by atoms with van der Waals surface area (Å²) < 4.78 is 15.3. The molecule has 5 atom stereocenters. The van der Waals surface area contributed by atoms with Crippen molar-refractivity contribution in [3.63, 3.8) is 0 Å². The second-order valence-corrected chi connectivity index (χ2v) is 5.06. The van der Waals surface area contributed by atoms with Gasteiger partial charge in [-0.25, -0.2) is 4.79 Å². The quantitative estimate of drug-likeness (QED) is 0.319. The molecule has 1 aromatic carbocycles. The number of rotatable bonds is 4. The first-order chi connectivity index (χ1) is 10.9. The van der Waals surface area contributed by atoms with Crippen molar-refractivity contribution < 1.29 is 39.4 Å². The number of nitrogens with two attached hydrogens (primary N) is 1. The first-order valence-corrected chi connectivity index (χ1v) is 6.84. The standard InChI is InChI=1S/C14H19NO8/c1-21-13(20)7-4-6(15)2-3-8(7)22-14-12(19)11(18)10(17)9(5-16)23-14/h2-4,9-12,14,16-19H,5,15H2,1H3/t9-,10+,11+,12-,14+/m1/s1. The number of ether oxygens (including phenoxy) is 3. The van der Waals surface area contributed by atoms with Crippen LogP contribution >= 0.6 is 0 Å². The maximum absolute atomic E-state index is 11.8. The fourth-order valence-corrected chi connectivity index (χ4v) is 2.21. The molecular formula is C14H19NO8. The Bertz CT molecular complexity index is 564. The van der Waals surface area contributed by atoms with Gasteiger partial charge in [0.05, 0.1) is 13.7 Å². The highest BCUT2D eigenvalue weighted by molar-refractivity contribution is 5.93. The van der Waals surface area contributed by atoms with Gasteiger partial charge in [-0.15, -0.1) is 0 Å². The van der Waals surface area contributed by atoms with Crippen molar-refractivity contribution in [1.82, 2.24) is 0 Å². The number of aliphatic hydroxyl groups is 4. The van der Waals surface area contributed by atoms with Crippen LogP contribution in [0.2, 0.25) is 0 Å². The number of carbonyl (C=O) groups is 1. The molecule has 0 spiro atoms. The molecular weight excluding hydrogens is 310 g/mol. The number of hydrogen-bond donors (Lipinski definition) is 5. The lowest BCUT2D eigenvalue weighted by Crippen LogP contribution is -2.60. The molecule has 0 aromatic heterocycles. The number of benzene rings is 1. The number of nitrogen functional groups attached to an aromatic ring is 1. The van der Waals surface area contributed by atoms with Gasteiger partial charge in [-0.1, -0.05) is 0 Å². The molecule has 1 fully saturated rings. The van der Waals surface area contributed by atoms with Crippen LogP contribution in [0.4, 0.5) is 5.69 Å². The Kier molecular flexibility index (Phi) is 5.39. The lowest BCUT2D eigenvalue weighted by Gasteiger charge is -2.39. The van der Waals surface area contributed by atoms with Crippen molar-refractivity contribution in [3.8, 4) is 5.75 Å². The largest absolute Gasteiger partial charge is 0.465 e. The third kappa shape index (κ3) is 3.54. The summed E-state index contributed by atoms with van der Waals surface area (Å²) in [5.41, 5.74) is 5.92. The SMILES string of the molecule is COC(=O)c1cc(N)ccc1O[C@H]1O[C@H](CO)[C@H](O)[C@H](O)[C@H]1O. The van der Waals surface area contributed by atoms with Crippen LogP contribution in [0, 0.1) is 0 Å². The van der Waals surface area contributed by atoms with E-state index in [0.29, 0.717) is 5.69 Å². The van der Waals surface area contributed by atoms with Crippen LogP contribution in [0.1, 0.15) is 10.4 Å². The molecule has 0 saturated carbocycles. The topological polar surface area (TPSA) is 152 Å². The van der Waals surface area contributed by atoms with Gasteiger partial charge in [-0.2, -0.15) is 0 Å². The second kappa shape index (κ2) is 7.11. The highest BCUT2D eigenvalue weighted by atomic mass is 16.7. The average molecular weight is 329 g/mol. The molecule has 6 N–H and O–H groups in total. The Labute approximate surface area is 131 Å². The van der Waals surface area contributed by atoms with Gasteiger partial charge in [-0.3, -0.25) is 0 Å². The minimum atomic E-state index is -1.59. The van der Waals surface area contributed by atoms with Crippen LogP contribution < -0.4 is 10.5 Å². The van der Waals surface area contributed by atoms with Gasteiger partial charge in [-0.05, 0) is 18.2 Å². The van der Waals surface area contributed by atoms with Crippen LogP contribution in [0.5, 0.6) is 5.75 Å². The van der Waals surface area contributed by atoms with Crippen molar-refractivity contribution in [2.75, 3.05) is 19.5 Å². The molecule has 23 heavy (non-hydrogen) atoms. The first-order valence-electron chi connectivity index (χ1n) is 6.84. The maximum atomic E-state index is 11.8. The predicted octanol–water partition coefficient (Wildman–Crippen LogP) is -1.77. The first kappa shape index (κ1) is 17.4. The van der Waals surface area contributed by atoms with Crippen LogP contribution in [0.3, 0.4) is 0 Å². The van der Waals surface area contributed by atoms with E-state index in [4.69, 9.17) is 20.3 Å². The summed E-state index contributed by atoms with van der Waals surface area (Å²) >= 11 is 0. The van der Waals surface area contributed by atoms with Gasteiger partial charge in [0.1, 0.15) is 35.7 Å². The summed E-state index contributed by atoms with van der Waals surface area (Å²) in [7, 11) is 1.18. The van der Waals surface area contributed by atoms with Crippen LogP contribution in [-0.2, 0) is 9.47 Å². The molecule has 2 rings (SSSR count). The van der Waals surface area contributed by atoms with E-state index in [1.54, 1.807) is 0 Å². The molecule has 9 heteroatoms. The van der Waals surface area contributed by atoms with E-state index in [1.807, 2.05) is 0 Å². The van der Waals surface area contributed by atoms with Gasteiger partial charge in [0.15, 0.2) is 0 Å². The lowest BCUT2D eigenvalue weighted by molar-refractivity contribution is -0.277. The molecule has 0 amide bonds. The summed E-state index contributed by atoms with van der Waals surface area (Å²) in [6.07, 6.45) is -7.19. The number of esters is 1. The van der Waals surface area contributed by atoms with Gasteiger partial charge in [0.25, 0.3) is 0 Å².